The monoisotopic (exact) mass is 397 g/mol. The summed E-state index contributed by atoms with van der Waals surface area (Å²) in [6.07, 6.45) is 3.74. The molecule has 28 heavy (non-hydrogen) atoms. The Bertz CT molecular complexity index is 872. The van der Waals surface area contributed by atoms with E-state index in [9.17, 15) is 5.11 Å². The van der Waals surface area contributed by atoms with Gasteiger partial charge in [-0.2, -0.15) is 16.4 Å². The van der Waals surface area contributed by atoms with Crippen molar-refractivity contribution in [2.45, 2.75) is 32.5 Å². The zero-order valence-electron chi connectivity index (χ0n) is 16.3. The van der Waals surface area contributed by atoms with Crippen LogP contribution >= 0.6 is 11.3 Å². The summed E-state index contributed by atoms with van der Waals surface area (Å²) >= 11 is 1.58. The van der Waals surface area contributed by atoms with Crippen LogP contribution in [0.25, 0.3) is 0 Å². The van der Waals surface area contributed by atoms with Crippen LogP contribution < -0.4 is 10.6 Å². The van der Waals surface area contributed by atoms with Gasteiger partial charge in [-0.3, -0.25) is 4.68 Å². The lowest BCUT2D eigenvalue weighted by atomic mass is 9.99. The third-order valence-corrected chi connectivity index (χ3v) is 5.19. The van der Waals surface area contributed by atoms with Crippen molar-refractivity contribution >= 4 is 17.3 Å². The van der Waals surface area contributed by atoms with E-state index >= 15 is 0 Å². The van der Waals surface area contributed by atoms with E-state index in [1.807, 2.05) is 59.8 Å². The van der Waals surface area contributed by atoms with Gasteiger partial charge in [0.15, 0.2) is 5.96 Å². The molecule has 1 unspecified atom stereocenters. The van der Waals surface area contributed by atoms with Crippen molar-refractivity contribution in [3.8, 4) is 0 Å². The van der Waals surface area contributed by atoms with Crippen LogP contribution in [0.2, 0.25) is 0 Å². The minimum absolute atomic E-state index is 0.379. The Balaban J connectivity index is 1.68. The molecule has 0 aliphatic heterocycles. The molecule has 7 heteroatoms. The number of rotatable bonds is 8. The maximum absolute atomic E-state index is 10.7. The molecule has 2 heterocycles. The molecule has 0 saturated heterocycles. The highest BCUT2D eigenvalue weighted by molar-refractivity contribution is 7.08. The quantitative estimate of drug-likeness (QED) is 0.404. The van der Waals surface area contributed by atoms with Crippen LogP contribution in [-0.2, 0) is 18.7 Å². The van der Waals surface area contributed by atoms with Crippen molar-refractivity contribution < 1.29 is 5.11 Å². The van der Waals surface area contributed by atoms with Crippen molar-refractivity contribution in [2.75, 3.05) is 13.1 Å². The highest BCUT2D eigenvalue weighted by Gasteiger charge is 2.23. The third-order valence-electron chi connectivity index (χ3n) is 4.50. The number of thiophene rings is 1. The van der Waals surface area contributed by atoms with Crippen LogP contribution in [0.15, 0.2) is 64.5 Å². The van der Waals surface area contributed by atoms with Crippen molar-refractivity contribution in [3.63, 3.8) is 0 Å². The number of aliphatic hydroxyl groups is 1. The highest BCUT2D eigenvalue weighted by atomic mass is 32.1. The maximum atomic E-state index is 10.7. The molecular formula is C21H27N5OS. The van der Waals surface area contributed by atoms with Crippen molar-refractivity contribution in [1.82, 2.24) is 20.4 Å². The summed E-state index contributed by atoms with van der Waals surface area (Å²) in [7, 11) is 0. The van der Waals surface area contributed by atoms with Crippen LogP contribution in [0.4, 0.5) is 0 Å². The van der Waals surface area contributed by atoms with Gasteiger partial charge in [0.25, 0.3) is 0 Å². The predicted octanol–water partition coefficient (Wildman–Crippen LogP) is 2.96. The minimum atomic E-state index is -0.950. The first-order valence-electron chi connectivity index (χ1n) is 9.40. The summed E-state index contributed by atoms with van der Waals surface area (Å²) in [5.41, 5.74) is 2.30. The molecule has 0 radical (unpaired) electrons. The number of guanidine groups is 1. The molecule has 1 aromatic carbocycles. The molecule has 3 N–H and O–H groups in total. The number of nitrogens with one attached hydrogen (secondary N) is 2. The molecule has 0 bridgehead atoms. The lowest BCUT2D eigenvalue weighted by molar-refractivity contribution is 0.0621. The molecule has 148 valence electrons. The molecule has 1 atom stereocenters. The molecule has 0 aliphatic carbocycles. The lowest BCUT2D eigenvalue weighted by Crippen LogP contribution is -2.44. The van der Waals surface area contributed by atoms with Gasteiger partial charge in [0.2, 0.25) is 0 Å². The van der Waals surface area contributed by atoms with Gasteiger partial charge in [-0.1, -0.05) is 24.3 Å². The van der Waals surface area contributed by atoms with Crippen molar-refractivity contribution in [3.05, 3.63) is 76.2 Å². The summed E-state index contributed by atoms with van der Waals surface area (Å²) in [5, 5.41) is 25.5. The van der Waals surface area contributed by atoms with E-state index < -0.39 is 5.60 Å². The fourth-order valence-corrected chi connectivity index (χ4v) is 3.65. The van der Waals surface area contributed by atoms with Crippen LogP contribution in [0.3, 0.4) is 0 Å². The smallest absolute Gasteiger partial charge is 0.191 e. The number of benzene rings is 1. The fourth-order valence-electron chi connectivity index (χ4n) is 2.87. The number of aromatic nitrogens is 2. The SMILES string of the molecule is CCNC(=NCc1ccccc1Cn1cccn1)NCC(C)(O)c1ccsc1. The van der Waals surface area contributed by atoms with Crippen LogP contribution in [0, 0.1) is 0 Å². The number of aliphatic imine (C=N–C) groups is 1. The Labute approximate surface area is 170 Å². The molecule has 0 saturated carbocycles. The minimum Gasteiger partial charge on any atom is -0.384 e. The Hall–Kier alpha value is -2.64. The second-order valence-electron chi connectivity index (χ2n) is 6.81. The Morgan fingerprint density at radius 3 is 2.71 bits per heavy atom. The molecule has 3 aromatic rings. The van der Waals surface area contributed by atoms with E-state index in [4.69, 9.17) is 4.99 Å². The van der Waals surface area contributed by atoms with E-state index in [-0.39, 0.29) is 0 Å². The summed E-state index contributed by atoms with van der Waals surface area (Å²) in [6.45, 7) is 6.24. The van der Waals surface area contributed by atoms with E-state index in [1.165, 1.54) is 5.56 Å². The summed E-state index contributed by atoms with van der Waals surface area (Å²) in [6, 6.07) is 12.1. The van der Waals surface area contributed by atoms with Gasteiger partial charge in [-0.05, 0) is 53.4 Å². The number of nitrogens with zero attached hydrogens (tertiary/aromatic N) is 3. The third kappa shape index (κ3) is 5.43. The molecule has 2 aromatic heterocycles. The van der Waals surface area contributed by atoms with Crippen molar-refractivity contribution in [2.24, 2.45) is 4.99 Å². The molecule has 0 fully saturated rings. The van der Waals surface area contributed by atoms with Gasteiger partial charge in [0.1, 0.15) is 5.60 Å². The average molecular weight is 398 g/mol. The summed E-state index contributed by atoms with van der Waals surface area (Å²) < 4.78 is 1.91. The highest BCUT2D eigenvalue weighted by Crippen LogP contribution is 2.22. The Kier molecular flexibility index (Phi) is 6.84. The van der Waals surface area contributed by atoms with Gasteiger partial charge < -0.3 is 15.7 Å². The van der Waals surface area contributed by atoms with Crippen LogP contribution in [-0.4, -0.2) is 33.9 Å². The van der Waals surface area contributed by atoms with Gasteiger partial charge in [0, 0.05) is 18.9 Å². The normalized spacial score (nSPS) is 13.9. The van der Waals surface area contributed by atoms with Crippen LogP contribution in [0.1, 0.15) is 30.5 Å². The molecule has 0 spiro atoms. The largest absolute Gasteiger partial charge is 0.384 e. The number of hydrogen-bond donors (Lipinski definition) is 3. The maximum Gasteiger partial charge on any atom is 0.191 e. The Morgan fingerprint density at radius 2 is 2.04 bits per heavy atom. The first-order chi connectivity index (χ1) is 13.6. The van der Waals surface area contributed by atoms with Gasteiger partial charge >= 0.3 is 0 Å². The van der Waals surface area contributed by atoms with E-state index in [2.05, 4.69) is 27.9 Å². The van der Waals surface area contributed by atoms with E-state index in [1.54, 1.807) is 17.5 Å². The summed E-state index contributed by atoms with van der Waals surface area (Å²) in [5.74, 6) is 0.687. The lowest BCUT2D eigenvalue weighted by Gasteiger charge is -2.24. The van der Waals surface area contributed by atoms with Gasteiger partial charge in [0.05, 0.1) is 19.6 Å². The molecule has 6 nitrogen and oxygen atoms in total. The first kappa shape index (κ1) is 20.1. The molecular weight excluding hydrogens is 370 g/mol. The number of hydrogen-bond acceptors (Lipinski definition) is 4. The predicted molar refractivity (Wildman–Crippen MR) is 114 cm³/mol. The van der Waals surface area contributed by atoms with Gasteiger partial charge in [-0.15, -0.1) is 0 Å². The topological polar surface area (TPSA) is 74.5 Å². The zero-order valence-corrected chi connectivity index (χ0v) is 17.1. The Morgan fingerprint density at radius 1 is 1.21 bits per heavy atom. The molecule has 0 amide bonds. The van der Waals surface area contributed by atoms with Gasteiger partial charge in [-0.25, -0.2) is 4.99 Å². The second-order valence-corrected chi connectivity index (χ2v) is 7.59. The van der Waals surface area contributed by atoms with Crippen molar-refractivity contribution in [1.29, 1.82) is 0 Å². The van der Waals surface area contributed by atoms with E-state index in [0.717, 1.165) is 24.2 Å². The second kappa shape index (κ2) is 9.52. The standard InChI is InChI=1S/C21H27N5OS/c1-3-22-20(24-16-21(2,27)19-9-12-28-15-19)23-13-17-7-4-5-8-18(17)14-26-11-6-10-25-26/h4-12,15,27H,3,13-14,16H2,1-2H3,(H2,22,23,24). The van der Waals surface area contributed by atoms with Crippen LogP contribution in [0.5, 0.6) is 0 Å². The first-order valence-corrected chi connectivity index (χ1v) is 10.3. The average Bonchev–Trinajstić information content (AvgIpc) is 3.39. The zero-order chi connectivity index (χ0) is 19.8. The van der Waals surface area contributed by atoms with E-state index in [0.29, 0.717) is 19.0 Å². The summed E-state index contributed by atoms with van der Waals surface area (Å²) in [4.78, 5) is 4.71. The fraction of sp³-hybridized carbons (Fsp3) is 0.333. The molecule has 3 rings (SSSR count). The molecule has 0 aliphatic rings.